The Hall–Kier alpha value is -1.74. The lowest BCUT2D eigenvalue weighted by Gasteiger charge is -2.14. The number of rotatable bonds is 5. The molecule has 0 saturated carbocycles. The third-order valence-electron chi connectivity index (χ3n) is 3.44. The zero-order valence-corrected chi connectivity index (χ0v) is 11.4. The Morgan fingerprint density at radius 2 is 1.75 bits per heavy atom. The highest BCUT2D eigenvalue weighted by atomic mass is 19.1. The molecular formula is C17H18F2O. The van der Waals surface area contributed by atoms with E-state index in [4.69, 9.17) is 0 Å². The van der Waals surface area contributed by atoms with E-state index in [1.165, 1.54) is 12.1 Å². The normalized spacial score (nSPS) is 12.4. The van der Waals surface area contributed by atoms with E-state index < -0.39 is 17.7 Å². The highest BCUT2D eigenvalue weighted by Gasteiger charge is 2.19. The first kappa shape index (κ1) is 14.7. The zero-order chi connectivity index (χ0) is 14.5. The second-order valence-electron chi connectivity index (χ2n) is 4.99. The summed E-state index contributed by atoms with van der Waals surface area (Å²) in [5.74, 6) is -1.32. The van der Waals surface area contributed by atoms with Gasteiger partial charge in [-0.05, 0) is 43.4 Å². The van der Waals surface area contributed by atoms with Gasteiger partial charge in [0.05, 0.1) is 11.7 Å². The summed E-state index contributed by atoms with van der Waals surface area (Å²) in [7, 11) is 0. The maximum atomic E-state index is 13.9. The van der Waals surface area contributed by atoms with Crippen molar-refractivity contribution in [1.29, 1.82) is 0 Å². The van der Waals surface area contributed by atoms with Gasteiger partial charge in [0.15, 0.2) is 0 Å². The van der Waals surface area contributed by atoms with Crippen LogP contribution in [0.5, 0.6) is 0 Å². The minimum atomic E-state index is -1.10. The molecule has 1 nitrogen and oxygen atoms in total. The van der Waals surface area contributed by atoms with Crippen LogP contribution in [0.4, 0.5) is 8.78 Å². The number of aliphatic hydroxyl groups excluding tert-OH is 1. The molecule has 20 heavy (non-hydrogen) atoms. The maximum Gasteiger partial charge on any atom is 0.134 e. The van der Waals surface area contributed by atoms with Gasteiger partial charge in [-0.1, -0.05) is 36.4 Å². The Morgan fingerprint density at radius 1 is 1.05 bits per heavy atom. The Morgan fingerprint density at radius 3 is 2.45 bits per heavy atom. The summed E-state index contributed by atoms with van der Waals surface area (Å²) in [6, 6.07) is 12.4. The molecule has 3 heteroatoms. The highest BCUT2D eigenvalue weighted by molar-refractivity contribution is 5.28. The van der Waals surface area contributed by atoms with Crippen LogP contribution in [0.2, 0.25) is 0 Å². The number of aliphatic hydroxyl groups is 1. The molecule has 0 saturated heterocycles. The summed E-state index contributed by atoms with van der Waals surface area (Å²) in [6.07, 6.45) is 0.704. The summed E-state index contributed by atoms with van der Waals surface area (Å²) < 4.78 is 27.5. The van der Waals surface area contributed by atoms with Gasteiger partial charge in [0, 0.05) is 0 Å². The average molecular weight is 276 g/mol. The van der Waals surface area contributed by atoms with Gasteiger partial charge >= 0.3 is 0 Å². The fourth-order valence-corrected chi connectivity index (χ4v) is 2.27. The molecule has 0 aliphatic heterocycles. The molecule has 0 spiro atoms. The van der Waals surface area contributed by atoms with Crippen LogP contribution < -0.4 is 0 Å². The molecule has 1 atom stereocenters. The van der Waals surface area contributed by atoms with E-state index in [0.717, 1.165) is 12.0 Å². The zero-order valence-electron chi connectivity index (χ0n) is 11.4. The number of halogens is 2. The number of hydrogen-bond acceptors (Lipinski definition) is 1. The first-order valence-electron chi connectivity index (χ1n) is 6.76. The van der Waals surface area contributed by atoms with Crippen molar-refractivity contribution in [3.05, 3.63) is 70.8 Å². The van der Waals surface area contributed by atoms with Gasteiger partial charge in [-0.2, -0.15) is 0 Å². The molecule has 0 radical (unpaired) electrons. The van der Waals surface area contributed by atoms with Gasteiger partial charge in [-0.3, -0.25) is 0 Å². The van der Waals surface area contributed by atoms with Crippen LogP contribution in [0, 0.1) is 18.6 Å². The minimum Gasteiger partial charge on any atom is -0.388 e. The molecule has 1 unspecified atom stereocenters. The lowest BCUT2D eigenvalue weighted by Crippen LogP contribution is -2.06. The highest BCUT2D eigenvalue weighted by Crippen LogP contribution is 2.26. The predicted molar refractivity (Wildman–Crippen MR) is 75.4 cm³/mol. The Balaban J connectivity index is 1.99. The molecule has 0 aromatic heterocycles. The van der Waals surface area contributed by atoms with Crippen LogP contribution in [0.3, 0.4) is 0 Å². The predicted octanol–water partition coefficient (Wildman–Crippen LogP) is 4.33. The maximum absolute atomic E-state index is 13.9. The standard InChI is InChI=1S/C17H18F2O/c1-12-10-11-14(18)16(17(12)19)15(20)9-5-8-13-6-3-2-4-7-13/h2-4,6-7,10-11,15,20H,5,8-9H2,1H3. The van der Waals surface area contributed by atoms with Crippen molar-refractivity contribution in [2.24, 2.45) is 0 Å². The molecule has 106 valence electrons. The molecule has 2 aromatic rings. The number of aryl methyl sites for hydroxylation is 2. The van der Waals surface area contributed by atoms with Crippen molar-refractivity contribution in [2.45, 2.75) is 32.3 Å². The quantitative estimate of drug-likeness (QED) is 0.861. The minimum absolute atomic E-state index is 0.210. The van der Waals surface area contributed by atoms with Crippen molar-refractivity contribution in [1.82, 2.24) is 0 Å². The van der Waals surface area contributed by atoms with E-state index in [2.05, 4.69) is 0 Å². The van der Waals surface area contributed by atoms with Crippen molar-refractivity contribution in [3.8, 4) is 0 Å². The summed E-state index contributed by atoms with van der Waals surface area (Å²) in [5, 5.41) is 10.0. The largest absolute Gasteiger partial charge is 0.388 e. The average Bonchev–Trinajstić information content (AvgIpc) is 2.44. The van der Waals surface area contributed by atoms with Crippen molar-refractivity contribution in [3.63, 3.8) is 0 Å². The van der Waals surface area contributed by atoms with Crippen LogP contribution in [-0.4, -0.2) is 5.11 Å². The smallest absolute Gasteiger partial charge is 0.134 e. The Kier molecular flexibility index (Phi) is 4.85. The molecule has 2 aromatic carbocycles. The summed E-state index contributed by atoms with van der Waals surface area (Å²) >= 11 is 0. The molecule has 0 aliphatic rings. The van der Waals surface area contributed by atoms with Gasteiger partial charge in [0.25, 0.3) is 0 Å². The fraction of sp³-hybridized carbons (Fsp3) is 0.294. The van der Waals surface area contributed by atoms with E-state index in [1.54, 1.807) is 6.92 Å². The van der Waals surface area contributed by atoms with Gasteiger partial charge in [-0.25, -0.2) is 8.78 Å². The first-order chi connectivity index (χ1) is 9.59. The molecule has 1 N–H and O–H groups in total. The molecule has 0 bridgehead atoms. The molecule has 0 amide bonds. The van der Waals surface area contributed by atoms with Gasteiger partial charge < -0.3 is 5.11 Å². The lowest BCUT2D eigenvalue weighted by molar-refractivity contribution is 0.155. The summed E-state index contributed by atoms with van der Waals surface area (Å²) in [6.45, 7) is 1.56. The topological polar surface area (TPSA) is 20.2 Å². The molecule has 0 aliphatic carbocycles. The van der Waals surface area contributed by atoms with E-state index in [1.807, 2.05) is 30.3 Å². The third kappa shape index (κ3) is 3.42. The molecular weight excluding hydrogens is 258 g/mol. The van der Waals surface area contributed by atoms with Crippen LogP contribution in [0.25, 0.3) is 0 Å². The monoisotopic (exact) mass is 276 g/mol. The Labute approximate surface area is 117 Å². The van der Waals surface area contributed by atoms with Crippen LogP contribution in [0.1, 0.15) is 35.6 Å². The number of benzene rings is 2. The molecule has 0 heterocycles. The molecule has 2 rings (SSSR count). The summed E-state index contributed by atoms with van der Waals surface area (Å²) in [5.41, 5.74) is 1.30. The van der Waals surface area contributed by atoms with Crippen molar-refractivity contribution >= 4 is 0 Å². The second kappa shape index (κ2) is 6.62. The summed E-state index contributed by atoms with van der Waals surface area (Å²) in [4.78, 5) is 0. The lowest BCUT2D eigenvalue weighted by atomic mass is 9.99. The molecule has 0 fully saturated rings. The van der Waals surface area contributed by atoms with E-state index in [9.17, 15) is 13.9 Å². The third-order valence-corrected chi connectivity index (χ3v) is 3.44. The SMILES string of the molecule is Cc1ccc(F)c(C(O)CCCc2ccccc2)c1F. The van der Waals surface area contributed by atoms with Crippen LogP contribution in [-0.2, 0) is 6.42 Å². The van der Waals surface area contributed by atoms with E-state index >= 15 is 0 Å². The van der Waals surface area contributed by atoms with Crippen LogP contribution in [0.15, 0.2) is 42.5 Å². The Bertz CT molecular complexity index is 567. The van der Waals surface area contributed by atoms with Gasteiger partial charge in [0.1, 0.15) is 11.6 Å². The van der Waals surface area contributed by atoms with Gasteiger partial charge in [0.2, 0.25) is 0 Å². The van der Waals surface area contributed by atoms with Gasteiger partial charge in [-0.15, -0.1) is 0 Å². The van der Waals surface area contributed by atoms with Crippen LogP contribution >= 0.6 is 0 Å². The van der Waals surface area contributed by atoms with E-state index in [-0.39, 0.29) is 5.56 Å². The first-order valence-corrected chi connectivity index (χ1v) is 6.76. The second-order valence-corrected chi connectivity index (χ2v) is 4.99. The fourth-order valence-electron chi connectivity index (χ4n) is 2.27. The number of hydrogen-bond donors (Lipinski definition) is 1. The van der Waals surface area contributed by atoms with E-state index in [0.29, 0.717) is 18.4 Å². The van der Waals surface area contributed by atoms with Crippen molar-refractivity contribution in [2.75, 3.05) is 0 Å². The van der Waals surface area contributed by atoms with Crippen molar-refractivity contribution < 1.29 is 13.9 Å².